The van der Waals surface area contributed by atoms with E-state index in [4.69, 9.17) is 0 Å². The molecule has 0 bridgehead atoms. The fraction of sp³-hybridized carbons (Fsp3) is 0.235. The fourth-order valence-electron chi connectivity index (χ4n) is 2.48. The minimum Gasteiger partial charge on any atom is -0.345 e. The van der Waals surface area contributed by atoms with Gasteiger partial charge in [0, 0.05) is 43.0 Å². The minimum absolute atomic E-state index is 0.0324. The first-order valence-electron chi connectivity index (χ1n) is 7.87. The number of aromatic nitrogens is 5. The van der Waals surface area contributed by atoms with Crippen molar-refractivity contribution in [1.82, 2.24) is 30.0 Å². The number of carbonyl (C=O) groups is 1. The Bertz CT molecular complexity index is 932. The Hall–Kier alpha value is -3.29. The van der Waals surface area contributed by atoms with Crippen LogP contribution in [0.4, 0.5) is 0 Å². The van der Waals surface area contributed by atoms with Crippen molar-refractivity contribution in [2.45, 2.75) is 19.4 Å². The Kier molecular flexibility index (Phi) is 4.69. The van der Waals surface area contributed by atoms with Crippen LogP contribution in [0.2, 0.25) is 0 Å². The van der Waals surface area contributed by atoms with E-state index >= 15 is 0 Å². The summed E-state index contributed by atoms with van der Waals surface area (Å²) in [5.74, 6) is -0.101. The number of H-pyrrole nitrogens is 1. The second kappa shape index (κ2) is 7.08. The van der Waals surface area contributed by atoms with Crippen LogP contribution in [-0.4, -0.2) is 30.6 Å². The first-order chi connectivity index (χ1) is 12.1. The molecule has 0 saturated heterocycles. The highest BCUT2D eigenvalue weighted by Crippen LogP contribution is 2.16. The smallest absolute Gasteiger partial charge is 0.264 e. The summed E-state index contributed by atoms with van der Waals surface area (Å²) in [6.07, 6.45) is 8.72. The lowest BCUT2D eigenvalue weighted by molar-refractivity contribution is 0.0933. The average molecular weight is 338 g/mol. The van der Waals surface area contributed by atoms with Gasteiger partial charge in [-0.25, -0.2) is 4.98 Å². The molecule has 0 spiro atoms. The minimum atomic E-state index is -0.493. The van der Waals surface area contributed by atoms with E-state index in [1.807, 2.05) is 20.2 Å². The van der Waals surface area contributed by atoms with Gasteiger partial charge >= 0.3 is 0 Å². The summed E-state index contributed by atoms with van der Waals surface area (Å²) in [4.78, 5) is 35.5. The normalized spacial score (nSPS) is 11.9. The highest BCUT2D eigenvalue weighted by Gasteiger charge is 2.18. The van der Waals surface area contributed by atoms with Gasteiger partial charge in [0.2, 0.25) is 0 Å². The Balaban J connectivity index is 1.81. The summed E-state index contributed by atoms with van der Waals surface area (Å²) in [6.45, 7) is 1.95. The number of amides is 1. The van der Waals surface area contributed by atoms with Crippen LogP contribution in [0.15, 0.2) is 47.9 Å². The van der Waals surface area contributed by atoms with Crippen molar-refractivity contribution in [3.05, 3.63) is 64.6 Å². The molecule has 1 atom stereocenters. The van der Waals surface area contributed by atoms with Crippen LogP contribution in [0, 0.1) is 0 Å². The van der Waals surface area contributed by atoms with E-state index in [0.29, 0.717) is 17.8 Å². The van der Waals surface area contributed by atoms with E-state index in [0.717, 1.165) is 5.56 Å². The predicted octanol–water partition coefficient (Wildman–Crippen LogP) is 1.45. The third-order valence-corrected chi connectivity index (χ3v) is 3.82. The predicted molar refractivity (Wildman–Crippen MR) is 91.8 cm³/mol. The maximum absolute atomic E-state index is 12.5. The van der Waals surface area contributed by atoms with Crippen LogP contribution in [-0.2, 0) is 7.05 Å². The van der Waals surface area contributed by atoms with Gasteiger partial charge in [0.25, 0.3) is 11.5 Å². The second-order valence-corrected chi connectivity index (χ2v) is 5.60. The van der Waals surface area contributed by atoms with E-state index < -0.39 is 11.5 Å². The average Bonchev–Trinajstić information content (AvgIpc) is 3.06. The lowest BCUT2D eigenvalue weighted by atomic mass is 10.1. The maximum atomic E-state index is 12.5. The highest BCUT2D eigenvalue weighted by atomic mass is 16.2. The first kappa shape index (κ1) is 16.6. The standard InChI is InChI=1S/C17H18N6O2/c1-3-14(12-8-20-23(2)10-12)21-16(24)13-9-19-15(22-17(13)25)11-5-4-6-18-7-11/h4-10,14H,3H2,1-2H3,(H,21,24)(H,19,22,25)/t14-/m0/s1. The van der Waals surface area contributed by atoms with Crippen molar-refractivity contribution in [2.24, 2.45) is 7.05 Å². The molecule has 8 heteroatoms. The van der Waals surface area contributed by atoms with Crippen LogP contribution in [0.1, 0.15) is 35.3 Å². The molecular formula is C17H18N6O2. The summed E-state index contributed by atoms with van der Waals surface area (Å²) in [6, 6.07) is 3.30. The molecule has 0 unspecified atom stereocenters. The molecule has 0 fully saturated rings. The van der Waals surface area contributed by atoms with Gasteiger partial charge in [0.1, 0.15) is 11.4 Å². The Morgan fingerprint density at radius 1 is 1.36 bits per heavy atom. The van der Waals surface area contributed by atoms with Crippen molar-refractivity contribution in [3.8, 4) is 11.4 Å². The van der Waals surface area contributed by atoms with Gasteiger partial charge in [-0.15, -0.1) is 0 Å². The van der Waals surface area contributed by atoms with Crippen LogP contribution in [0.25, 0.3) is 11.4 Å². The molecular weight excluding hydrogens is 320 g/mol. The topological polar surface area (TPSA) is 106 Å². The van der Waals surface area contributed by atoms with E-state index in [1.54, 1.807) is 35.4 Å². The number of hydrogen-bond acceptors (Lipinski definition) is 5. The van der Waals surface area contributed by atoms with Gasteiger partial charge in [-0.05, 0) is 18.6 Å². The van der Waals surface area contributed by atoms with Gasteiger partial charge in [-0.1, -0.05) is 6.92 Å². The largest absolute Gasteiger partial charge is 0.345 e. The quantitative estimate of drug-likeness (QED) is 0.732. The zero-order chi connectivity index (χ0) is 17.8. The van der Waals surface area contributed by atoms with Crippen LogP contribution < -0.4 is 10.9 Å². The maximum Gasteiger partial charge on any atom is 0.264 e. The third-order valence-electron chi connectivity index (χ3n) is 3.82. The molecule has 8 nitrogen and oxygen atoms in total. The molecule has 3 aromatic heterocycles. The molecule has 128 valence electrons. The molecule has 0 aliphatic heterocycles. The molecule has 3 heterocycles. The zero-order valence-electron chi connectivity index (χ0n) is 13.9. The van der Waals surface area contributed by atoms with Crippen LogP contribution in [0.5, 0.6) is 0 Å². The van der Waals surface area contributed by atoms with Gasteiger partial charge in [-0.2, -0.15) is 5.10 Å². The molecule has 3 aromatic rings. The number of nitrogens with one attached hydrogen (secondary N) is 2. The molecule has 0 saturated carbocycles. The number of aryl methyl sites for hydroxylation is 1. The Morgan fingerprint density at radius 3 is 2.80 bits per heavy atom. The number of carbonyl (C=O) groups excluding carboxylic acids is 1. The van der Waals surface area contributed by atoms with Gasteiger partial charge < -0.3 is 10.3 Å². The van der Waals surface area contributed by atoms with Gasteiger partial charge in [0.05, 0.1) is 12.2 Å². The number of pyridine rings is 1. The lowest BCUT2D eigenvalue weighted by Gasteiger charge is -2.15. The van der Waals surface area contributed by atoms with Gasteiger partial charge in [-0.3, -0.25) is 19.3 Å². The molecule has 0 radical (unpaired) electrons. The summed E-state index contributed by atoms with van der Waals surface area (Å²) in [5.41, 5.74) is 1.03. The van der Waals surface area contributed by atoms with E-state index in [-0.39, 0.29) is 11.6 Å². The molecule has 0 aromatic carbocycles. The fourth-order valence-corrected chi connectivity index (χ4v) is 2.48. The first-order valence-corrected chi connectivity index (χ1v) is 7.87. The SMILES string of the molecule is CC[C@H](NC(=O)c1cnc(-c2cccnc2)[nH]c1=O)c1cnn(C)c1. The highest BCUT2D eigenvalue weighted by molar-refractivity contribution is 5.93. The summed E-state index contributed by atoms with van der Waals surface area (Å²) < 4.78 is 1.67. The number of hydrogen-bond donors (Lipinski definition) is 2. The van der Waals surface area contributed by atoms with E-state index in [2.05, 4.69) is 25.4 Å². The molecule has 3 rings (SSSR count). The van der Waals surface area contributed by atoms with Crippen molar-refractivity contribution in [3.63, 3.8) is 0 Å². The third kappa shape index (κ3) is 3.63. The second-order valence-electron chi connectivity index (χ2n) is 5.60. The van der Waals surface area contributed by atoms with Crippen molar-refractivity contribution in [2.75, 3.05) is 0 Å². The lowest BCUT2D eigenvalue weighted by Crippen LogP contribution is -2.32. The van der Waals surface area contributed by atoms with Crippen molar-refractivity contribution < 1.29 is 4.79 Å². The Morgan fingerprint density at radius 2 is 2.20 bits per heavy atom. The number of nitrogens with zero attached hydrogens (tertiary/aromatic N) is 4. The number of aromatic amines is 1. The summed E-state index contributed by atoms with van der Waals surface area (Å²) >= 11 is 0. The molecule has 1 amide bonds. The van der Waals surface area contributed by atoms with Crippen LogP contribution in [0.3, 0.4) is 0 Å². The van der Waals surface area contributed by atoms with E-state index in [9.17, 15) is 9.59 Å². The van der Waals surface area contributed by atoms with Crippen molar-refractivity contribution >= 4 is 5.91 Å². The molecule has 0 aliphatic rings. The molecule has 25 heavy (non-hydrogen) atoms. The van der Waals surface area contributed by atoms with Crippen LogP contribution >= 0.6 is 0 Å². The monoisotopic (exact) mass is 338 g/mol. The van der Waals surface area contributed by atoms with Crippen molar-refractivity contribution in [1.29, 1.82) is 0 Å². The zero-order valence-corrected chi connectivity index (χ0v) is 13.9. The summed E-state index contributed by atoms with van der Waals surface area (Å²) in [7, 11) is 1.81. The number of rotatable bonds is 5. The molecule has 0 aliphatic carbocycles. The van der Waals surface area contributed by atoms with Gasteiger partial charge in [0.15, 0.2) is 0 Å². The Labute approximate surface area is 144 Å². The molecule has 2 N–H and O–H groups in total. The summed E-state index contributed by atoms with van der Waals surface area (Å²) in [5, 5.41) is 6.96. The van der Waals surface area contributed by atoms with E-state index in [1.165, 1.54) is 6.20 Å².